The zero-order valence-corrected chi connectivity index (χ0v) is 44.7. The summed E-state index contributed by atoms with van der Waals surface area (Å²) in [6.07, 6.45) is 5.16. The molecule has 16 nitrogen and oxygen atoms in total. The van der Waals surface area contributed by atoms with Crippen molar-refractivity contribution in [1.29, 1.82) is 0 Å². The number of ether oxygens (including phenoxy) is 2. The van der Waals surface area contributed by atoms with Crippen molar-refractivity contribution in [2.75, 3.05) is 34.9 Å². The van der Waals surface area contributed by atoms with Gasteiger partial charge in [-0.15, -0.1) is 0 Å². The van der Waals surface area contributed by atoms with Gasteiger partial charge in [0.05, 0.1) is 36.6 Å². The number of fused-ring (bicyclic) bond motifs is 1. The Morgan fingerprint density at radius 2 is 1.56 bits per heavy atom. The topological polar surface area (TPSA) is 204 Å². The minimum absolute atomic E-state index is 0.0709. The maximum absolute atomic E-state index is 14.7. The first-order valence-corrected chi connectivity index (χ1v) is 26.0. The van der Waals surface area contributed by atoms with Crippen LogP contribution in [-0.4, -0.2) is 145 Å². The normalized spacial score (nSPS) is 23.1. The number of rotatable bonds is 29. The second kappa shape index (κ2) is 26.7. The molecule has 6 amide bonds. The van der Waals surface area contributed by atoms with E-state index >= 15 is 0 Å². The third kappa shape index (κ3) is 15.1. The molecule has 4 N–H and O–H groups in total. The van der Waals surface area contributed by atoms with Crippen LogP contribution in [0.4, 0.5) is 4.39 Å². The highest BCUT2D eigenvalue weighted by molar-refractivity contribution is 5.93. The molecule has 13 atom stereocenters. The Morgan fingerprint density at radius 3 is 2.13 bits per heavy atom. The average molecular weight is 997 g/mol. The monoisotopic (exact) mass is 997 g/mol. The second-order valence-corrected chi connectivity index (χ2v) is 21.1. The van der Waals surface area contributed by atoms with Gasteiger partial charge < -0.3 is 45.2 Å². The summed E-state index contributed by atoms with van der Waals surface area (Å²) in [4.78, 5) is 100.0. The molecule has 0 spiro atoms. The van der Waals surface area contributed by atoms with Gasteiger partial charge in [0.15, 0.2) is 0 Å². The van der Waals surface area contributed by atoms with Crippen LogP contribution < -0.4 is 16.0 Å². The third-order valence-electron chi connectivity index (χ3n) is 15.6. The smallest absolute Gasteiger partial charge is 0.326 e. The van der Waals surface area contributed by atoms with Gasteiger partial charge in [-0.3, -0.25) is 28.8 Å². The number of carbonyl (C=O) groups excluding carboxylic acids is 6. The average Bonchev–Trinajstić information content (AvgIpc) is 4.19. The lowest BCUT2D eigenvalue weighted by Crippen LogP contribution is -2.60. The number of hydrogen-bond acceptors (Lipinski definition) is 9. The van der Waals surface area contributed by atoms with Crippen molar-refractivity contribution in [3.63, 3.8) is 0 Å². The molecule has 71 heavy (non-hydrogen) atoms. The predicted molar refractivity (Wildman–Crippen MR) is 269 cm³/mol. The van der Waals surface area contributed by atoms with Gasteiger partial charge in [-0.2, -0.15) is 0 Å². The van der Waals surface area contributed by atoms with Crippen LogP contribution in [0.2, 0.25) is 0 Å². The predicted octanol–water partition coefficient (Wildman–Crippen LogP) is 5.76. The number of methoxy groups -OCH3 is 2. The third-order valence-corrected chi connectivity index (χ3v) is 15.6. The first kappa shape index (κ1) is 58.7. The van der Waals surface area contributed by atoms with E-state index in [4.69, 9.17) is 9.47 Å². The summed E-state index contributed by atoms with van der Waals surface area (Å²) in [5.74, 6) is -4.24. The van der Waals surface area contributed by atoms with E-state index in [0.717, 1.165) is 25.7 Å². The second-order valence-electron chi connectivity index (χ2n) is 21.1. The number of amides is 6. The van der Waals surface area contributed by atoms with Crippen LogP contribution in [0.25, 0.3) is 0 Å². The number of hydrogen-bond donors (Lipinski definition) is 4. The SMILES string of the molecule is CCC1/C(=C/C(=O)NCCCCCC(=O)N(C)C(C(=O)N[C@H](C(=O)N(C)[C@@H]([C@@H](C)CC)[C@@H](CC(=O)N2[C@H]3C[C@H]3C[C@H]2[C@H](OC)[C@@H](C)C(=O)N[C@@H](Cc2ccccc2F)C(=O)O)OC)C(C)C)C(C)C)C1C. The Bertz CT molecular complexity index is 2050. The van der Waals surface area contributed by atoms with Crippen LogP contribution in [0.15, 0.2) is 35.9 Å². The summed E-state index contributed by atoms with van der Waals surface area (Å²) < 4.78 is 26.5. The van der Waals surface area contributed by atoms with Crippen LogP contribution >= 0.6 is 0 Å². The van der Waals surface area contributed by atoms with Crippen LogP contribution in [0, 0.1) is 47.2 Å². The van der Waals surface area contributed by atoms with Crippen molar-refractivity contribution >= 4 is 41.4 Å². The molecule has 1 aliphatic heterocycles. The van der Waals surface area contributed by atoms with Gasteiger partial charge in [-0.1, -0.05) is 98.9 Å². The fraction of sp³-hybridized carbons (Fsp3) is 0.722. The van der Waals surface area contributed by atoms with Gasteiger partial charge in [-0.05, 0) is 79.2 Å². The Labute approximate surface area is 421 Å². The number of halogens is 1. The molecule has 2 saturated carbocycles. The molecule has 1 aromatic rings. The largest absolute Gasteiger partial charge is 0.480 e. The summed E-state index contributed by atoms with van der Waals surface area (Å²) in [6, 6.07) is 1.43. The summed E-state index contributed by atoms with van der Waals surface area (Å²) in [7, 11) is 6.24. The van der Waals surface area contributed by atoms with Gasteiger partial charge >= 0.3 is 5.97 Å². The highest BCUT2D eigenvalue weighted by Crippen LogP contribution is 2.50. The molecule has 1 aromatic carbocycles. The van der Waals surface area contributed by atoms with Crippen LogP contribution in [0.5, 0.6) is 0 Å². The number of likely N-dealkylation sites (tertiary alicyclic amines) is 1. The van der Waals surface area contributed by atoms with Gasteiger partial charge in [0.1, 0.15) is 23.9 Å². The number of unbranched alkanes of at least 4 members (excludes halogenated alkanes) is 2. The van der Waals surface area contributed by atoms with E-state index in [0.29, 0.717) is 37.6 Å². The minimum atomic E-state index is -1.40. The fourth-order valence-electron chi connectivity index (χ4n) is 10.9. The number of allylic oxidation sites excluding steroid dienone is 1. The van der Waals surface area contributed by atoms with E-state index in [-0.39, 0.29) is 78.2 Å². The highest BCUT2D eigenvalue weighted by atomic mass is 19.1. The Kier molecular flexibility index (Phi) is 22.1. The molecule has 4 rings (SSSR count). The Balaban J connectivity index is 1.40. The van der Waals surface area contributed by atoms with Crippen molar-refractivity contribution < 1.29 is 52.5 Å². The van der Waals surface area contributed by atoms with Crippen LogP contribution in [0.3, 0.4) is 0 Å². The van der Waals surface area contributed by atoms with E-state index in [1.807, 2.05) is 41.5 Å². The number of benzene rings is 1. The molecule has 2 aliphatic carbocycles. The summed E-state index contributed by atoms with van der Waals surface area (Å²) in [6.45, 7) is 17.8. The Morgan fingerprint density at radius 1 is 0.887 bits per heavy atom. The van der Waals surface area contributed by atoms with E-state index in [1.54, 1.807) is 43.0 Å². The zero-order chi connectivity index (χ0) is 53.0. The quantitative estimate of drug-likeness (QED) is 0.0565. The number of carbonyl (C=O) groups is 7. The zero-order valence-electron chi connectivity index (χ0n) is 44.7. The molecule has 0 radical (unpaired) electrons. The number of piperidine rings is 1. The number of aliphatic carboxylic acids is 1. The highest BCUT2D eigenvalue weighted by Gasteiger charge is 2.57. The van der Waals surface area contributed by atoms with Crippen molar-refractivity contribution in [2.45, 2.75) is 175 Å². The molecule has 398 valence electrons. The van der Waals surface area contributed by atoms with Crippen LogP contribution in [0.1, 0.15) is 126 Å². The molecular weight excluding hydrogens is 912 g/mol. The molecule has 3 fully saturated rings. The maximum Gasteiger partial charge on any atom is 0.326 e. The van der Waals surface area contributed by atoms with Gasteiger partial charge in [0.2, 0.25) is 35.4 Å². The standard InChI is InChI=1S/C54H85FN6O10/c1-14-32(7)49(43(70-12)29-46(64)61-41-26-36(41)27-42(61)50(71-13)34(9)51(65)57-40(54(68)69)25-35-21-18-19-22-39(35)55)60(11)53(67)47(30(3)4)58-52(66)48(31(5)6)59(10)45(63)23-17-16-20-24-56-44(62)28-38-33(8)37(38)15-2/h18-19,21-22,28,30-34,36-37,40-43,47-50H,14-17,20,23-27,29H2,1-13H3,(H,56,62)(H,57,65)(H,58,66)(H,68,69)/b38-28+/t32-,33?,34+,36-,37?,40-,41-,42-,43+,47-,48?,49-,50+/m0/s1. The Hall–Kier alpha value is -4.90. The van der Waals surface area contributed by atoms with Crippen LogP contribution in [-0.2, 0) is 49.5 Å². The molecule has 1 heterocycles. The summed E-state index contributed by atoms with van der Waals surface area (Å²) in [5, 5.41) is 18.5. The number of nitrogens with one attached hydrogen (secondary N) is 3. The number of likely N-dealkylation sites (N-methyl/N-ethyl adjacent to an activating group) is 2. The van der Waals surface area contributed by atoms with Gasteiger partial charge in [0.25, 0.3) is 0 Å². The van der Waals surface area contributed by atoms with E-state index < -0.39 is 71.9 Å². The molecule has 17 heteroatoms. The lowest BCUT2D eigenvalue weighted by molar-refractivity contribution is -0.149. The number of carboxylic acid groups (broad SMARTS) is 1. The molecule has 3 aliphatic rings. The van der Waals surface area contributed by atoms with Gasteiger partial charge in [-0.25, -0.2) is 9.18 Å². The summed E-state index contributed by atoms with van der Waals surface area (Å²) >= 11 is 0. The van der Waals surface area contributed by atoms with Gasteiger partial charge in [0, 0.05) is 59.8 Å². The first-order chi connectivity index (χ1) is 33.5. The van der Waals surface area contributed by atoms with E-state index in [1.165, 1.54) is 42.9 Å². The van der Waals surface area contributed by atoms with Crippen molar-refractivity contribution in [2.24, 2.45) is 41.4 Å². The molecule has 0 bridgehead atoms. The fourth-order valence-corrected chi connectivity index (χ4v) is 10.9. The van der Waals surface area contributed by atoms with E-state index in [2.05, 4.69) is 29.8 Å². The number of carboxylic acids is 1. The minimum Gasteiger partial charge on any atom is -0.480 e. The number of nitrogens with zero attached hydrogens (tertiary/aromatic N) is 3. The van der Waals surface area contributed by atoms with Crippen molar-refractivity contribution in [1.82, 2.24) is 30.7 Å². The van der Waals surface area contributed by atoms with Crippen molar-refractivity contribution in [3.05, 3.63) is 47.3 Å². The molecule has 0 aromatic heterocycles. The van der Waals surface area contributed by atoms with Crippen molar-refractivity contribution in [3.8, 4) is 0 Å². The molecule has 3 unspecified atom stereocenters. The molecule has 1 saturated heterocycles. The first-order valence-electron chi connectivity index (χ1n) is 26.0. The lowest BCUT2D eigenvalue weighted by atomic mass is 9.89. The summed E-state index contributed by atoms with van der Waals surface area (Å²) in [5.41, 5.74) is 1.36. The maximum atomic E-state index is 14.7. The molecular formula is C54H85FN6O10. The lowest BCUT2D eigenvalue weighted by Gasteiger charge is -2.41. The van der Waals surface area contributed by atoms with E-state index in [9.17, 15) is 43.1 Å².